The molecule has 6 heteroatoms. The summed E-state index contributed by atoms with van der Waals surface area (Å²) in [4.78, 5) is 12.2. The molecule has 0 aromatic rings. The summed E-state index contributed by atoms with van der Waals surface area (Å²) in [7, 11) is 0. The first kappa shape index (κ1) is 31.8. The minimum atomic E-state index is -1.28. The van der Waals surface area contributed by atoms with Crippen LogP contribution in [0.4, 0.5) is 0 Å². The summed E-state index contributed by atoms with van der Waals surface area (Å²) in [6, 6.07) is -0.999. The quantitative estimate of drug-likeness (QED) is 0.118. The van der Waals surface area contributed by atoms with Crippen molar-refractivity contribution in [2.75, 3.05) is 6.61 Å². The molecule has 6 nitrogen and oxygen atoms in total. The Morgan fingerprint density at radius 3 is 1.94 bits per heavy atom. The molecular weight excluding hydrogens is 418 g/mol. The number of hydrogen-bond acceptors (Lipinski definition) is 5. The van der Waals surface area contributed by atoms with Gasteiger partial charge in [-0.1, -0.05) is 89.5 Å². The first-order chi connectivity index (χ1) is 16.0. The summed E-state index contributed by atoms with van der Waals surface area (Å²) in [5.74, 6) is -0.608. The number of nitrogens with one attached hydrogen (secondary N) is 1. The monoisotopic (exact) mass is 469 g/mol. The Morgan fingerprint density at radius 2 is 1.33 bits per heavy atom. The first-order valence-corrected chi connectivity index (χ1v) is 13.2. The van der Waals surface area contributed by atoms with E-state index < -0.39 is 36.9 Å². The predicted octanol–water partition coefficient (Wildman–Crippen LogP) is 4.55. The maximum absolute atomic E-state index is 12.2. The van der Waals surface area contributed by atoms with Gasteiger partial charge in [0.25, 0.3) is 0 Å². The molecule has 0 rings (SSSR count). The molecule has 0 saturated heterocycles. The van der Waals surface area contributed by atoms with Gasteiger partial charge in [0, 0.05) is 0 Å². The maximum atomic E-state index is 12.2. The van der Waals surface area contributed by atoms with Gasteiger partial charge in [-0.2, -0.15) is 0 Å². The van der Waals surface area contributed by atoms with Gasteiger partial charge < -0.3 is 25.7 Å². The zero-order valence-corrected chi connectivity index (χ0v) is 21.1. The second-order valence-corrected chi connectivity index (χ2v) is 8.99. The smallest absolute Gasteiger partial charge is 0.249 e. The standard InChI is InChI=1S/C27H51NO5/c1-3-5-7-9-11-13-15-16-18-20-24(30)26(32)23(22-29)28-27(33)25(31)21-19-17-14-12-10-8-6-4-2/h5,7,13,15,23-26,29-32H,3-4,6,8-12,14,16-22H2,1-2H3,(H,28,33)/b7-5+,15-13+. The minimum Gasteiger partial charge on any atom is -0.394 e. The largest absolute Gasteiger partial charge is 0.394 e. The lowest BCUT2D eigenvalue weighted by Gasteiger charge is -2.27. The van der Waals surface area contributed by atoms with E-state index in [1.807, 2.05) is 0 Å². The first-order valence-electron chi connectivity index (χ1n) is 13.2. The van der Waals surface area contributed by atoms with E-state index in [0.717, 1.165) is 44.9 Å². The van der Waals surface area contributed by atoms with Gasteiger partial charge in [0.05, 0.1) is 18.8 Å². The number of amides is 1. The number of hydrogen-bond donors (Lipinski definition) is 5. The van der Waals surface area contributed by atoms with Crippen LogP contribution in [-0.2, 0) is 4.79 Å². The van der Waals surface area contributed by atoms with Crippen molar-refractivity contribution in [1.82, 2.24) is 5.32 Å². The van der Waals surface area contributed by atoms with Gasteiger partial charge in [-0.3, -0.25) is 4.79 Å². The fraction of sp³-hybridized carbons (Fsp3) is 0.815. The summed E-state index contributed by atoms with van der Waals surface area (Å²) < 4.78 is 0. The average Bonchev–Trinajstić information content (AvgIpc) is 2.82. The average molecular weight is 470 g/mol. The van der Waals surface area contributed by atoms with Crippen LogP contribution in [0.25, 0.3) is 0 Å². The number of aliphatic hydroxyl groups is 4. The van der Waals surface area contributed by atoms with E-state index in [2.05, 4.69) is 43.5 Å². The highest BCUT2D eigenvalue weighted by atomic mass is 16.3. The molecule has 5 N–H and O–H groups in total. The van der Waals surface area contributed by atoms with Crippen LogP contribution in [0.5, 0.6) is 0 Å². The van der Waals surface area contributed by atoms with Crippen molar-refractivity contribution < 1.29 is 25.2 Å². The molecule has 0 aliphatic rings. The lowest BCUT2D eigenvalue weighted by atomic mass is 10.00. The Hall–Kier alpha value is -1.21. The van der Waals surface area contributed by atoms with E-state index in [-0.39, 0.29) is 0 Å². The van der Waals surface area contributed by atoms with Crippen LogP contribution in [-0.4, -0.2) is 57.3 Å². The molecule has 0 aromatic heterocycles. The van der Waals surface area contributed by atoms with E-state index in [4.69, 9.17) is 0 Å². The van der Waals surface area contributed by atoms with Gasteiger partial charge in [-0.15, -0.1) is 0 Å². The van der Waals surface area contributed by atoms with Crippen LogP contribution < -0.4 is 5.32 Å². The second kappa shape index (κ2) is 22.6. The molecule has 0 spiro atoms. The van der Waals surface area contributed by atoms with Crippen LogP contribution in [0, 0.1) is 0 Å². The number of rotatable bonds is 22. The summed E-state index contributed by atoms with van der Waals surface area (Å²) in [6.45, 7) is 3.81. The molecule has 4 atom stereocenters. The third kappa shape index (κ3) is 17.9. The van der Waals surface area contributed by atoms with Crippen LogP contribution in [0.3, 0.4) is 0 Å². The van der Waals surface area contributed by atoms with E-state index in [1.54, 1.807) is 0 Å². The van der Waals surface area contributed by atoms with Crippen LogP contribution >= 0.6 is 0 Å². The fourth-order valence-corrected chi connectivity index (χ4v) is 3.72. The molecule has 0 fully saturated rings. The van der Waals surface area contributed by atoms with Crippen LogP contribution in [0.2, 0.25) is 0 Å². The van der Waals surface area contributed by atoms with E-state index in [9.17, 15) is 25.2 Å². The molecular formula is C27H51NO5. The molecule has 0 aliphatic heterocycles. The zero-order chi connectivity index (χ0) is 24.7. The lowest BCUT2D eigenvalue weighted by molar-refractivity contribution is -0.132. The van der Waals surface area contributed by atoms with Crippen molar-refractivity contribution >= 4 is 5.91 Å². The van der Waals surface area contributed by atoms with E-state index in [0.29, 0.717) is 19.3 Å². The van der Waals surface area contributed by atoms with Crippen molar-refractivity contribution in [2.45, 2.75) is 135 Å². The van der Waals surface area contributed by atoms with Crippen molar-refractivity contribution in [2.24, 2.45) is 0 Å². The van der Waals surface area contributed by atoms with E-state index >= 15 is 0 Å². The SMILES string of the molecule is CC/C=C/CC/C=C/CCCC(O)C(O)C(CO)NC(=O)C(O)CCCCCCCCCC. The van der Waals surface area contributed by atoms with E-state index in [1.165, 1.54) is 32.1 Å². The molecule has 0 heterocycles. The molecule has 194 valence electrons. The molecule has 0 bridgehead atoms. The van der Waals surface area contributed by atoms with Gasteiger partial charge in [-0.25, -0.2) is 0 Å². The summed E-state index contributed by atoms with van der Waals surface area (Å²) in [5, 5.41) is 42.7. The summed E-state index contributed by atoms with van der Waals surface area (Å²) >= 11 is 0. The van der Waals surface area contributed by atoms with Gasteiger partial charge in [0.15, 0.2) is 0 Å². The van der Waals surface area contributed by atoms with Gasteiger partial charge in [-0.05, 0) is 44.9 Å². The minimum absolute atomic E-state index is 0.359. The fourth-order valence-electron chi connectivity index (χ4n) is 3.72. The topological polar surface area (TPSA) is 110 Å². The highest BCUT2D eigenvalue weighted by Crippen LogP contribution is 2.12. The maximum Gasteiger partial charge on any atom is 0.249 e. The third-order valence-corrected chi connectivity index (χ3v) is 5.90. The number of allylic oxidation sites excluding steroid dienone is 4. The zero-order valence-electron chi connectivity index (χ0n) is 21.1. The van der Waals surface area contributed by atoms with Crippen molar-refractivity contribution in [1.29, 1.82) is 0 Å². The van der Waals surface area contributed by atoms with Gasteiger partial charge in [0.1, 0.15) is 12.2 Å². The summed E-state index contributed by atoms with van der Waals surface area (Å²) in [6.07, 6.45) is 19.4. The molecule has 1 amide bonds. The second-order valence-electron chi connectivity index (χ2n) is 8.99. The molecule has 0 saturated carbocycles. The normalized spacial score (nSPS) is 15.7. The Balaban J connectivity index is 4.08. The number of carbonyl (C=O) groups is 1. The Labute approximate surface area is 202 Å². The molecule has 0 radical (unpaired) electrons. The van der Waals surface area contributed by atoms with Crippen molar-refractivity contribution in [3.8, 4) is 0 Å². The van der Waals surface area contributed by atoms with Crippen LogP contribution in [0.1, 0.15) is 110 Å². The number of aliphatic hydroxyl groups excluding tert-OH is 4. The Bertz CT molecular complexity index is 509. The number of unbranched alkanes of at least 4 members (excludes halogenated alkanes) is 9. The van der Waals surface area contributed by atoms with Crippen molar-refractivity contribution in [3.63, 3.8) is 0 Å². The van der Waals surface area contributed by atoms with Gasteiger partial charge >= 0.3 is 0 Å². The lowest BCUT2D eigenvalue weighted by Crippen LogP contribution is -2.53. The predicted molar refractivity (Wildman–Crippen MR) is 136 cm³/mol. The summed E-state index contributed by atoms with van der Waals surface area (Å²) in [5.41, 5.74) is 0. The molecule has 0 aliphatic carbocycles. The number of carbonyl (C=O) groups excluding carboxylic acids is 1. The molecule has 33 heavy (non-hydrogen) atoms. The Kier molecular flexibility index (Phi) is 21.7. The highest BCUT2D eigenvalue weighted by molar-refractivity contribution is 5.80. The third-order valence-electron chi connectivity index (χ3n) is 5.90. The van der Waals surface area contributed by atoms with Crippen LogP contribution in [0.15, 0.2) is 24.3 Å². The Morgan fingerprint density at radius 1 is 0.758 bits per heavy atom. The van der Waals surface area contributed by atoms with Crippen molar-refractivity contribution in [3.05, 3.63) is 24.3 Å². The molecule has 4 unspecified atom stereocenters. The highest BCUT2D eigenvalue weighted by Gasteiger charge is 2.28. The molecule has 0 aromatic carbocycles. The van der Waals surface area contributed by atoms with Gasteiger partial charge in [0.2, 0.25) is 5.91 Å².